The van der Waals surface area contributed by atoms with Crippen molar-refractivity contribution in [3.63, 3.8) is 0 Å². The van der Waals surface area contributed by atoms with Crippen molar-refractivity contribution in [1.82, 2.24) is 19.7 Å². The highest BCUT2D eigenvalue weighted by molar-refractivity contribution is 6.29. The molecule has 0 saturated carbocycles. The Kier molecular flexibility index (Phi) is 3.21. The van der Waals surface area contributed by atoms with Crippen LogP contribution >= 0.6 is 11.6 Å². The Bertz CT molecular complexity index is 588. The third kappa shape index (κ3) is 1.92. The molecule has 2 aromatic heterocycles. The zero-order valence-electron chi connectivity index (χ0n) is 10.5. The molecule has 0 atom stereocenters. The minimum absolute atomic E-state index is 0.190. The summed E-state index contributed by atoms with van der Waals surface area (Å²) < 4.78 is 20.2. The average molecular weight is 271 g/mol. The second-order valence-electron chi connectivity index (χ2n) is 3.83. The van der Waals surface area contributed by atoms with E-state index in [2.05, 4.69) is 15.1 Å². The number of aromatic nitrogens is 4. The van der Waals surface area contributed by atoms with E-state index in [1.807, 2.05) is 0 Å². The topological polar surface area (TPSA) is 52.8 Å². The van der Waals surface area contributed by atoms with Crippen LogP contribution in [0.5, 0.6) is 5.88 Å². The molecule has 0 spiro atoms. The summed E-state index contributed by atoms with van der Waals surface area (Å²) in [5.41, 5.74) is 1.50. The van der Waals surface area contributed by atoms with E-state index >= 15 is 0 Å². The van der Waals surface area contributed by atoms with Crippen molar-refractivity contribution in [3.05, 3.63) is 22.4 Å². The maximum atomic E-state index is 13.4. The summed E-state index contributed by atoms with van der Waals surface area (Å²) in [5, 5.41) is 4.01. The zero-order valence-corrected chi connectivity index (χ0v) is 11.2. The minimum Gasteiger partial charge on any atom is -0.481 e. The number of aryl methyl sites for hydroxylation is 3. The Morgan fingerprint density at radius 1 is 1.22 bits per heavy atom. The molecule has 18 heavy (non-hydrogen) atoms. The predicted molar refractivity (Wildman–Crippen MR) is 65.2 cm³/mol. The summed E-state index contributed by atoms with van der Waals surface area (Å²) in [4.78, 5) is 8.02. The first-order valence-corrected chi connectivity index (χ1v) is 5.61. The maximum Gasteiger partial charge on any atom is 0.222 e. The lowest BCUT2D eigenvalue weighted by Crippen LogP contribution is -2.00. The van der Waals surface area contributed by atoms with Crippen LogP contribution in [-0.4, -0.2) is 26.9 Å². The number of ether oxygens (including phenoxy) is 1. The fraction of sp³-hybridized carbons (Fsp3) is 0.364. The van der Waals surface area contributed by atoms with Gasteiger partial charge >= 0.3 is 0 Å². The molecule has 0 aliphatic heterocycles. The van der Waals surface area contributed by atoms with Gasteiger partial charge in [0.1, 0.15) is 5.56 Å². The highest BCUT2D eigenvalue weighted by Gasteiger charge is 2.20. The average Bonchev–Trinajstić information content (AvgIpc) is 2.59. The molecule has 5 nitrogen and oxygen atoms in total. The van der Waals surface area contributed by atoms with Gasteiger partial charge in [0.15, 0.2) is 16.8 Å². The molecule has 0 aromatic carbocycles. The van der Waals surface area contributed by atoms with E-state index in [-0.39, 0.29) is 10.8 Å². The molecule has 0 bridgehead atoms. The number of hydrogen-bond donors (Lipinski definition) is 0. The van der Waals surface area contributed by atoms with Crippen LogP contribution in [0.1, 0.15) is 11.4 Å². The SMILES string of the molecule is COc1c(-c2nc(C)c(F)c(Cl)n2)c(C)nn1C. The van der Waals surface area contributed by atoms with E-state index in [9.17, 15) is 4.39 Å². The third-order valence-electron chi connectivity index (χ3n) is 2.56. The number of halogens is 2. The number of rotatable bonds is 2. The van der Waals surface area contributed by atoms with Gasteiger partial charge in [0, 0.05) is 7.05 Å². The molecular formula is C11H12ClFN4O. The molecule has 96 valence electrons. The molecule has 2 rings (SSSR count). The van der Waals surface area contributed by atoms with Gasteiger partial charge in [-0.05, 0) is 13.8 Å². The van der Waals surface area contributed by atoms with Crippen molar-refractivity contribution < 1.29 is 9.13 Å². The van der Waals surface area contributed by atoms with Crippen molar-refractivity contribution in [1.29, 1.82) is 0 Å². The molecule has 0 fully saturated rings. The first-order valence-electron chi connectivity index (χ1n) is 5.23. The van der Waals surface area contributed by atoms with Crippen LogP contribution in [0.25, 0.3) is 11.4 Å². The van der Waals surface area contributed by atoms with Gasteiger partial charge in [0.05, 0.1) is 18.5 Å². The monoisotopic (exact) mass is 270 g/mol. The van der Waals surface area contributed by atoms with E-state index in [1.54, 1.807) is 18.7 Å². The van der Waals surface area contributed by atoms with E-state index in [0.29, 0.717) is 23.0 Å². The van der Waals surface area contributed by atoms with Gasteiger partial charge in [0.2, 0.25) is 5.88 Å². The number of methoxy groups -OCH3 is 1. The Morgan fingerprint density at radius 2 is 1.89 bits per heavy atom. The summed E-state index contributed by atoms with van der Waals surface area (Å²) in [6, 6.07) is 0. The van der Waals surface area contributed by atoms with Gasteiger partial charge in [-0.1, -0.05) is 11.6 Å². The normalized spacial score (nSPS) is 10.8. The van der Waals surface area contributed by atoms with Gasteiger partial charge in [-0.3, -0.25) is 0 Å². The van der Waals surface area contributed by atoms with Gasteiger partial charge in [0.25, 0.3) is 0 Å². The Labute approximate surface area is 109 Å². The molecule has 2 heterocycles. The predicted octanol–water partition coefficient (Wildman–Crippen LogP) is 2.30. The van der Waals surface area contributed by atoms with Crippen molar-refractivity contribution in [2.45, 2.75) is 13.8 Å². The van der Waals surface area contributed by atoms with Crippen LogP contribution in [0.2, 0.25) is 5.15 Å². The van der Waals surface area contributed by atoms with E-state index in [4.69, 9.17) is 16.3 Å². The maximum absolute atomic E-state index is 13.4. The second kappa shape index (κ2) is 4.53. The first kappa shape index (κ1) is 12.8. The molecular weight excluding hydrogens is 259 g/mol. The van der Waals surface area contributed by atoms with Crippen molar-refractivity contribution in [2.24, 2.45) is 7.05 Å². The summed E-state index contributed by atoms with van der Waals surface area (Å²) in [5.74, 6) is 0.205. The van der Waals surface area contributed by atoms with Crippen LogP contribution in [0, 0.1) is 19.7 Å². The largest absolute Gasteiger partial charge is 0.481 e. The summed E-state index contributed by atoms with van der Waals surface area (Å²) in [7, 11) is 3.27. The lowest BCUT2D eigenvalue weighted by Gasteiger charge is -2.06. The van der Waals surface area contributed by atoms with Gasteiger partial charge in [-0.15, -0.1) is 0 Å². The highest BCUT2D eigenvalue weighted by atomic mass is 35.5. The molecule has 0 saturated heterocycles. The molecule has 7 heteroatoms. The smallest absolute Gasteiger partial charge is 0.222 e. The summed E-state index contributed by atoms with van der Waals surface area (Å²) >= 11 is 5.73. The molecule has 0 aliphatic carbocycles. The van der Waals surface area contributed by atoms with Gasteiger partial charge in [-0.25, -0.2) is 19.0 Å². The molecule has 0 amide bonds. The standard InChI is InChI=1S/C11H12ClFN4O/c1-5-7(11(18-4)17(3)16-5)10-14-6(2)8(13)9(12)15-10/h1-4H3. The van der Waals surface area contributed by atoms with E-state index < -0.39 is 5.82 Å². The van der Waals surface area contributed by atoms with Gasteiger partial charge in [-0.2, -0.15) is 5.10 Å². The Morgan fingerprint density at radius 3 is 2.44 bits per heavy atom. The molecule has 0 aliphatic rings. The summed E-state index contributed by atoms with van der Waals surface area (Å²) in [6.07, 6.45) is 0. The fourth-order valence-corrected chi connectivity index (χ4v) is 1.98. The Balaban J connectivity index is 2.69. The van der Waals surface area contributed by atoms with Crippen molar-refractivity contribution in [3.8, 4) is 17.3 Å². The van der Waals surface area contributed by atoms with Crippen LogP contribution in [0.4, 0.5) is 4.39 Å². The van der Waals surface area contributed by atoms with Gasteiger partial charge < -0.3 is 4.74 Å². The minimum atomic E-state index is -0.610. The van der Waals surface area contributed by atoms with E-state index in [0.717, 1.165) is 0 Å². The quantitative estimate of drug-likeness (QED) is 0.786. The lowest BCUT2D eigenvalue weighted by molar-refractivity contribution is 0.374. The second-order valence-corrected chi connectivity index (χ2v) is 4.19. The zero-order chi connectivity index (χ0) is 13.4. The number of nitrogens with zero attached hydrogens (tertiary/aromatic N) is 4. The lowest BCUT2D eigenvalue weighted by atomic mass is 10.2. The van der Waals surface area contributed by atoms with Crippen LogP contribution < -0.4 is 4.74 Å². The molecule has 0 radical (unpaired) electrons. The number of hydrogen-bond acceptors (Lipinski definition) is 4. The molecule has 0 unspecified atom stereocenters. The van der Waals surface area contributed by atoms with Crippen LogP contribution in [0.3, 0.4) is 0 Å². The third-order valence-corrected chi connectivity index (χ3v) is 2.81. The van der Waals surface area contributed by atoms with E-state index in [1.165, 1.54) is 14.0 Å². The van der Waals surface area contributed by atoms with Crippen molar-refractivity contribution in [2.75, 3.05) is 7.11 Å². The van der Waals surface area contributed by atoms with Crippen LogP contribution in [0.15, 0.2) is 0 Å². The fourth-order valence-electron chi connectivity index (χ4n) is 1.76. The molecule has 0 N–H and O–H groups in total. The summed E-state index contributed by atoms with van der Waals surface area (Å²) in [6.45, 7) is 3.33. The van der Waals surface area contributed by atoms with Crippen molar-refractivity contribution >= 4 is 11.6 Å². The Hall–Kier alpha value is -1.69. The van der Waals surface area contributed by atoms with Crippen LogP contribution in [-0.2, 0) is 7.05 Å². The first-order chi connectivity index (χ1) is 8.45. The molecule has 2 aromatic rings. The highest BCUT2D eigenvalue weighted by Crippen LogP contribution is 2.31.